The van der Waals surface area contributed by atoms with Gasteiger partial charge < -0.3 is 0 Å². The molecule has 0 heterocycles. The van der Waals surface area contributed by atoms with Crippen molar-refractivity contribution in [1.29, 1.82) is 0 Å². The summed E-state index contributed by atoms with van der Waals surface area (Å²) >= 11 is 4.44. The molecule has 0 atom stereocenters. The van der Waals surface area contributed by atoms with E-state index in [1.54, 1.807) is 0 Å². The van der Waals surface area contributed by atoms with Gasteiger partial charge in [-0.2, -0.15) is 18.2 Å². The van der Waals surface area contributed by atoms with Crippen LogP contribution < -0.4 is 4.72 Å². The highest BCUT2D eigenvalue weighted by molar-refractivity contribution is 7.92. The molecule has 2 aromatic carbocycles. The van der Waals surface area contributed by atoms with Crippen LogP contribution in [-0.4, -0.2) is 13.6 Å². The van der Waals surface area contributed by atoms with Crippen LogP contribution in [0.4, 0.5) is 24.5 Å². The molecule has 2 rings (SSSR count). The van der Waals surface area contributed by atoms with Gasteiger partial charge >= 0.3 is 6.18 Å². The third-order valence-corrected chi connectivity index (χ3v) is 4.27. The second-order valence-corrected chi connectivity index (χ2v) is 6.24. The average Bonchev–Trinajstić information content (AvgIpc) is 2.47. The van der Waals surface area contributed by atoms with Gasteiger partial charge in [0.25, 0.3) is 10.0 Å². The highest BCUT2D eigenvalue weighted by Crippen LogP contribution is 2.30. The number of rotatable bonds is 4. The van der Waals surface area contributed by atoms with Crippen molar-refractivity contribution in [3.8, 4) is 0 Å². The quantitative estimate of drug-likeness (QED) is 0.657. The maximum Gasteiger partial charge on any atom is 0.416 e. The highest BCUT2D eigenvalue weighted by Gasteiger charge is 2.30. The molecule has 0 unspecified atom stereocenters. The highest BCUT2D eigenvalue weighted by atomic mass is 32.2. The van der Waals surface area contributed by atoms with Gasteiger partial charge in [0.05, 0.1) is 21.3 Å². The molecule has 0 fully saturated rings. The second-order valence-electron chi connectivity index (χ2n) is 4.38. The summed E-state index contributed by atoms with van der Waals surface area (Å²) < 4.78 is 63.9. The number of nitrogens with zero attached hydrogens (tertiary/aromatic N) is 1. The first-order chi connectivity index (χ1) is 10.7. The van der Waals surface area contributed by atoms with Crippen molar-refractivity contribution in [3.63, 3.8) is 0 Å². The summed E-state index contributed by atoms with van der Waals surface area (Å²) in [5.41, 5.74) is -0.393. The lowest BCUT2D eigenvalue weighted by Gasteiger charge is -2.10. The van der Waals surface area contributed by atoms with E-state index >= 15 is 0 Å². The van der Waals surface area contributed by atoms with E-state index < -0.39 is 21.8 Å². The molecule has 0 amide bonds. The summed E-state index contributed by atoms with van der Waals surface area (Å²) in [4.78, 5) is 3.63. The van der Waals surface area contributed by atoms with Crippen molar-refractivity contribution in [3.05, 3.63) is 54.1 Å². The van der Waals surface area contributed by atoms with E-state index in [9.17, 15) is 21.6 Å². The fourth-order valence-electron chi connectivity index (χ4n) is 1.69. The molecule has 0 spiro atoms. The molecule has 23 heavy (non-hydrogen) atoms. The summed E-state index contributed by atoms with van der Waals surface area (Å²) in [6, 6.07) is 9.16. The van der Waals surface area contributed by atoms with Gasteiger partial charge in [0.1, 0.15) is 0 Å². The number of nitrogens with one attached hydrogen (secondary N) is 1. The summed E-state index contributed by atoms with van der Waals surface area (Å²) in [5.74, 6) is 0. The lowest BCUT2D eigenvalue weighted by molar-refractivity contribution is -0.137. The van der Waals surface area contributed by atoms with Crippen LogP contribution in [0.25, 0.3) is 0 Å². The average molecular weight is 358 g/mol. The predicted molar refractivity (Wildman–Crippen MR) is 83.4 cm³/mol. The lowest BCUT2D eigenvalue weighted by atomic mass is 10.2. The first kappa shape index (κ1) is 17.1. The largest absolute Gasteiger partial charge is 0.416 e. The standard InChI is InChI=1S/C14H9F3N2O2S2/c15-14(16,17)10-1-3-12(4-2-10)19-23(20,21)13-7-5-11(6-8-13)18-9-22/h1-8,19H. The number of sulfonamides is 1. The molecule has 0 aliphatic heterocycles. The molecule has 4 nitrogen and oxygen atoms in total. The molecule has 120 valence electrons. The Morgan fingerprint density at radius 1 is 1.00 bits per heavy atom. The van der Waals surface area contributed by atoms with E-state index in [0.29, 0.717) is 5.69 Å². The Labute approximate surface area is 135 Å². The number of hydrogen-bond acceptors (Lipinski definition) is 4. The molecule has 0 bridgehead atoms. The molecule has 1 N–H and O–H groups in total. The minimum Gasteiger partial charge on any atom is -0.280 e. The maximum atomic E-state index is 12.5. The van der Waals surface area contributed by atoms with Gasteiger partial charge in [0.2, 0.25) is 0 Å². The van der Waals surface area contributed by atoms with Crippen molar-refractivity contribution < 1.29 is 21.6 Å². The molecule has 0 aromatic heterocycles. The monoisotopic (exact) mass is 358 g/mol. The molecular weight excluding hydrogens is 349 g/mol. The SMILES string of the molecule is O=S(=O)(Nc1ccc(C(F)(F)F)cc1)c1ccc(N=C=S)cc1. The van der Waals surface area contributed by atoms with Crippen molar-refractivity contribution in [2.24, 2.45) is 4.99 Å². The number of alkyl halides is 3. The van der Waals surface area contributed by atoms with Crippen LogP contribution in [0.3, 0.4) is 0 Å². The molecule has 2 aromatic rings. The molecule has 9 heteroatoms. The topological polar surface area (TPSA) is 58.5 Å². The fraction of sp³-hybridized carbons (Fsp3) is 0.0714. The number of halogens is 3. The Balaban J connectivity index is 2.22. The fourth-order valence-corrected chi connectivity index (χ4v) is 2.86. The zero-order valence-corrected chi connectivity index (χ0v) is 13.0. The number of isothiocyanates is 1. The van der Waals surface area contributed by atoms with Crippen LogP contribution in [0.5, 0.6) is 0 Å². The third kappa shape index (κ3) is 4.38. The van der Waals surface area contributed by atoms with Gasteiger partial charge in [-0.15, -0.1) is 0 Å². The summed E-state index contributed by atoms with van der Waals surface area (Å²) in [6.45, 7) is 0. The Hall–Kier alpha value is -2.22. The normalized spacial score (nSPS) is 11.6. The zero-order chi connectivity index (χ0) is 17.1. The molecular formula is C14H9F3N2O2S2. The Morgan fingerprint density at radius 3 is 2.04 bits per heavy atom. The summed E-state index contributed by atoms with van der Waals surface area (Å²) in [7, 11) is -3.91. The zero-order valence-electron chi connectivity index (χ0n) is 11.3. The minimum atomic E-state index is -4.48. The molecule has 0 aliphatic carbocycles. The van der Waals surface area contributed by atoms with Gasteiger partial charge in [0, 0.05) is 5.69 Å². The van der Waals surface area contributed by atoms with Crippen LogP contribution in [0, 0.1) is 0 Å². The second kappa shape index (κ2) is 6.49. The van der Waals surface area contributed by atoms with Crippen molar-refractivity contribution in [2.75, 3.05) is 4.72 Å². The lowest BCUT2D eigenvalue weighted by Crippen LogP contribution is -2.13. The van der Waals surface area contributed by atoms with Gasteiger partial charge in [-0.05, 0) is 60.7 Å². The number of hydrogen-bond donors (Lipinski definition) is 1. The first-order valence-electron chi connectivity index (χ1n) is 6.10. The number of benzene rings is 2. The van der Waals surface area contributed by atoms with Crippen LogP contribution in [0.1, 0.15) is 5.56 Å². The Bertz CT molecular complexity index is 839. The van der Waals surface area contributed by atoms with E-state index in [4.69, 9.17) is 0 Å². The number of aliphatic imine (C=N–C) groups is 1. The van der Waals surface area contributed by atoms with E-state index in [1.807, 2.05) is 0 Å². The van der Waals surface area contributed by atoms with E-state index in [0.717, 1.165) is 24.3 Å². The van der Waals surface area contributed by atoms with Crippen LogP contribution in [0.2, 0.25) is 0 Å². The Kier molecular flexibility index (Phi) is 4.84. The summed E-state index contributed by atoms with van der Waals surface area (Å²) in [5, 5.41) is 2.15. The molecule has 0 radical (unpaired) electrons. The van der Waals surface area contributed by atoms with Crippen LogP contribution in [-0.2, 0) is 16.2 Å². The summed E-state index contributed by atoms with van der Waals surface area (Å²) in [6.07, 6.45) is -4.48. The van der Waals surface area contributed by atoms with Crippen molar-refractivity contribution in [1.82, 2.24) is 0 Å². The third-order valence-electron chi connectivity index (χ3n) is 2.79. The number of anilines is 1. The smallest absolute Gasteiger partial charge is 0.280 e. The van der Waals surface area contributed by atoms with Crippen LogP contribution in [0.15, 0.2) is 58.4 Å². The van der Waals surface area contributed by atoms with Gasteiger partial charge in [-0.3, -0.25) is 4.72 Å². The Morgan fingerprint density at radius 2 is 1.57 bits per heavy atom. The number of thiocarbonyl (C=S) groups is 1. The van der Waals surface area contributed by atoms with Gasteiger partial charge in [-0.1, -0.05) is 0 Å². The van der Waals surface area contributed by atoms with E-state index in [1.165, 1.54) is 24.3 Å². The van der Waals surface area contributed by atoms with Crippen molar-refractivity contribution >= 4 is 38.8 Å². The first-order valence-corrected chi connectivity index (χ1v) is 7.99. The minimum absolute atomic E-state index is 0.0268. The van der Waals surface area contributed by atoms with Crippen LogP contribution >= 0.6 is 12.2 Å². The van der Waals surface area contributed by atoms with E-state index in [2.05, 4.69) is 27.1 Å². The van der Waals surface area contributed by atoms with Crippen molar-refractivity contribution in [2.45, 2.75) is 11.1 Å². The molecule has 0 saturated carbocycles. The van der Waals surface area contributed by atoms with E-state index in [-0.39, 0.29) is 10.6 Å². The van der Waals surface area contributed by atoms with Gasteiger partial charge in [-0.25, -0.2) is 8.42 Å². The maximum absolute atomic E-state index is 12.5. The van der Waals surface area contributed by atoms with Gasteiger partial charge in [0.15, 0.2) is 0 Å². The molecule has 0 saturated heterocycles. The predicted octanol–water partition coefficient (Wildman–Crippen LogP) is 4.24. The molecule has 0 aliphatic rings.